The number of anilines is 1. The first-order valence-corrected chi connectivity index (χ1v) is 4.68. The smallest absolute Gasteiger partial charge is 0.351 e. The van der Waals surface area contributed by atoms with Crippen molar-refractivity contribution in [2.75, 3.05) is 5.73 Å². The predicted molar refractivity (Wildman–Crippen MR) is 53.1 cm³/mol. The molecule has 3 atom stereocenters. The van der Waals surface area contributed by atoms with Crippen LogP contribution < -0.4 is 11.4 Å². The summed E-state index contributed by atoms with van der Waals surface area (Å²) in [5.74, 6) is -0.123. The van der Waals surface area contributed by atoms with Crippen LogP contribution >= 0.6 is 0 Å². The van der Waals surface area contributed by atoms with E-state index in [1.54, 1.807) is 6.92 Å². The Morgan fingerprint density at radius 1 is 1.87 bits per heavy atom. The summed E-state index contributed by atoms with van der Waals surface area (Å²) >= 11 is 0. The van der Waals surface area contributed by atoms with Gasteiger partial charge < -0.3 is 15.6 Å². The molecule has 1 aromatic rings. The Hall–Kier alpha value is -1.40. The Bertz CT molecular complexity index is 462. The number of nitrogens with zero attached hydrogens (tertiary/aromatic N) is 2. The molecule has 1 saturated heterocycles. The van der Waals surface area contributed by atoms with Crippen LogP contribution in [0.2, 0.25) is 0 Å². The van der Waals surface area contributed by atoms with E-state index < -0.39 is 18.0 Å². The molecule has 15 heavy (non-hydrogen) atoms. The molecular formula is C9H13N3O3. The van der Waals surface area contributed by atoms with Crippen molar-refractivity contribution in [1.29, 1.82) is 0 Å². The van der Waals surface area contributed by atoms with Gasteiger partial charge in [-0.3, -0.25) is 4.57 Å². The Kier molecular flexibility index (Phi) is 2.15. The number of aliphatic hydroxyl groups is 1. The lowest BCUT2D eigenvalue weighted by Crippen LogP contribution is -2.31. The second-order valence-electron chi connectivity index (χ2n) is 3.60. The summed E-state index contributed by atoms with van der Waals surface area (Å²) in [6.07, 6.45) is 0.0154. The van der Waals surface area contributed by atoms with Crippen LogP contribution in [0.4, 0.5) is 5.82 Å². The lowest BCUT2D eigenvalue weighted by Gasteiger charge is -2.16. The molecule has 3 N–H and O–H groups in total. The van der Waals surface area contributed by atoms with E-state index >= 15 is 0 Å². The van der Waals surface area contributed by atoms with E-state index in [1.807, 2.05) is 0 Å². The fraction of sp³-hybridized carbons (Fsp3) is 0.556. The molecule has 0 radical (unpaired) electrons. The molecule has 0 unspecified atom stereocenters. The van der Waals surface area contributed by atoms with Crippen molar-refractivity contribution in [3.05, 3.63) is 22.7 Å². The first-order valence-electron chi connectivity index (χ1n) is 5.18. The Morgan fingerprint density at radius 2 is 2.60 bits per heavy atom. The second-order valence-corrected chi connectivity index (χ2v) is 3.60. The van der Waals surface area contributed by atoms with Crippen molar-refractivity contribution in [1.82, 2.24) is 9.55 Å². The third kappa shape index (κ3) is 1.86. The van der Waals surface area contributed by atoms with Crippen LogP contribution in [0, 0.1) is 0 Å². The summed E-state index contributed by atoms with van der Waals surface area (Å²) in [6, 6.07) is -0.0602. The minimum absolute atomic E-state index is 0.0602. The first kappa shape index (κ1) is 8.87. The number of hydrogen-bond donors (Lipinski definition) is 2. The molecule has 0 aromatic carbocycles. The highest BCUT2D eigenvalue weighted by Crippen LogP contribution is 2.27. The molecular weight excluding hydrogens is 198 g/mol. The SMILES string of the molecule is [2H]c1cn([C@@H]2O[C@H](C)C[C@H]2O)c(=O)nc1N. The van der Waals surface area contributed by atoms with Crippen LogP contribution in [-0.4, -0.2) is 26.9 Å². The van der Waals surface area contributed by atoms with Gasteiger partial charge in [-0.1, -0.05) is 0 Å². The van der Waals surface area contributed by atoms with Crippen molar-refractivity contribution < 1.29 is 11.2 Å². The van der Waals surface area contributed by atoms with Crippen molar-refractivity contribution in [3.63, 3.8) is 0 Å². The molecule has 1 aromatic heterocycles. The van der Waals surface area contributed by atoms with Gasteiger partial charge in [0.1, 0.15) is 11.9 Å². The van der Waals surface area contributed by atoms with Crippen molar-refractivity contribution in [3.8, 4) is 0 Å². The Balaban J connectivity index is 2.41. The van der Waals surface area contributed by atoms with Crippen LogP contribution in [0.5, 0.6) is 0 Å². The molecule has 0 saturated carbocycles. The van der Waals surface area contributed by atoms with E-state index in [2.05, 4.69) is 4.98 Å². The van der Waals surface area contributed by atoms with E-state index in [1.165, 1.54) is 6.20 Å². The highest BCUT2D eigenvalue weighted by atomic mass is 16.5. The van der Waals surface area contributed by atoms with E-state index in [0.29, 0.717) is 6.42 Å². The van der Waals surface area contributed by atoms with E-state index in [0.717, 1.165) is 4.57 Å². The molecule has 2 heterocycles. The van der Waals surface area contributed by atoms with Gasteiger partial charge in [0.15, 0.2) is 6.23 Å². The van der Waals surface area contributed by atoms with Crippen LogP contribution in [0.25, 0.3) is 0 Å². The van der Waals surface area contributed by atoms with Crippen LogP contribution in [0.15, 0.2) is 17.0 Å². The van der Waals surface area contributed by atoms with Crippen LogP contribution in [-0.2, 0) is 4.74 Å². The minimum atomic E-state index is -0.778. The molecule has 1 aliphatic rings. The highest BCUT2D eigenvalue weighted by molar-refractivity contribution is 5.23. The standard InChI is InChI=1S/C9H13N3O3/c1-5-4-6(13)8(15-5)12-3-2-7(10)11-9(12)14/h2-3,5-6,8,13H,4H2,1H3,(H2,10,11,14)/t5-,6-,8-/m1/s1/i2D. The molecule has 6 heteroatoms. The van der Waals surface area contributed by atoms with Gasteiger partial charge in [-0.2, -0.15) is 4.98 Å². The summed E-state index contributed by atoms with van der Waals surface area (Å²) in [5.41, 5.74) is 4.72. The predicted octanol–water partition coefficient (Wildman–Crippen LogP) is -0.506. The summed E-state index contributed by atoms with van der Waals surface area (Å²) < 4.78 is 13.9. The number of aromatic nitrogens is 2. The lowest BCUT2D eigenvalue weighted by molar-refractivity contribution is -0.0347. The highest BCUT2D eigenvalue weighted by Gasteiger charge is 2.33. The molecule has 6 nitrogen and oxygen atoms in total. The molecule has 0 amide bonds. The summed E-state index contributed by atoms with van der Waals surface area (Å²) in [5, 5.41) is 9.69. The number of rotatable bonds is 1. The Morgan fingerprint density at radius 3 is 3.20 bits per heavy atom. The number of nitrogens with two attached hydrogens (primary N) is 1. The summed E-state index contributed by atoms with van der Waals surface area (Å²) in [4.78, 5) is 15.0. The maximum absolute atomic E-state index is 11.5. The maximum atomic E-state index is 11.5. The maximum Gasteiger partial charge on any atom is 0.351 e. The van der Waals surface area contributed by atoms with Crippen molar-refractivity contribution in [2.45, 2.75) is 31.8 Å². The summed E-state index contributed by atoms with van der Waals surface area (Å²) in [7, 11) is 0. The molecule has 0 spiro atoms. The van der Waals surface area contributed by atoms with Crippen LogP contribution in [0.3, 0.4) is 0 Å². The number of ether oxygens (including phenoxy) is 1. The number of aliphatic hydroxyl groups excluding tert-OH is 1. The third-order valence-corrected chi connectivity index (χ3v) is 2.34. The zero-order valence-electron chi connectivity index (χ0n) is 9.25. The van der Waals surface area contributed by atoms with Gasteiger partial charge in [0.25, 0.3) is 0 Å². The molecule has 1 aliphatic heterocycles. The van der Waals surface area contributed by atoms with Gasteiger partial charge in [0.05, 0.1) is 7.47 Å². The lowest BCUT2D eigenvalue weighted by atomic mass is 10.2. The number of hydrogen-bond acceptors (Lipinski definition) is 5. The van der Waals surface area contributed by atoms with E-state index in [9.17, 15) is 9.90 Å². The molecule has 2 rings (SSSR count). The largest absolute Gasteiger partial charge is 0.388 e. The fourth-order valence-electron chi connectivity index (χ4n) is 1.66. The zero-order valence-corrected chi connectivity index (χ0v) is 8.25. The van der Waals surface area contributed by atoms with Gasteiger partial charge in [-0.15, -0.1) is 0 Å². The summed E-state index contributed by atoms with van der Waals surface area (Å²) in [6.45, 7) is 1.81. The normalized spacial score (nSPS) is 31.6. The minimum Gasteiger partial charge on any atom is -0.388 e. The quantitative estimate of drug-likeness (QED) is 0.654. The van der Waals surface area contributed by atoms with Crippen molar-refractivity contribution in [2.24, 2.45) is 0 Å². The molecule has 0 aliphatic carbocycles. The van der Waals surface area contributed by atoms with Gasteiger partial charge in [-0.05, 0) is 13.0 Å². The molecule has 1 fully saturated rings. The van der Waals surface area contributed by atoms with Gasteiger partial charge in [-0.25, -0.2) is 4.79 Å². The molecule has 82 valence electrons. The second kappa shape index (κ2) is 3.63. The van der Waals surface area contributed by atoms with E-state index in [4.69, 9.17) is 11.8 Å². The zero-order chi connectivity index (χ0) is 11.9. The average Bonchev–Trinajstić information content (AvgIpc) is 2.51. The topological polar surface area (TPSA) is 90.4 Å². The van der Waals surface area contributed by atoms with E-state index in [-0.39, 0.29) is 18.0 Å². The third-order valence-electron chi connectivity index (χ3n) is 2.34. The Labute approximate surface area is 87.7 Å². The first-order chi connectivity index (χ1) is 7.49. The van der Waals surface area contributed by atoms with Gasteiger partial charge in [0.2, 0.25) is 0 Å². The molecule has 0 bridgehead atoms. The number of nitrogen functional groups attached to an aromatic ring is 1. The van der Waals surface area contributed by atoms with Gasteiger partial charge >= 0.3 is 5.69 Å². The van der Waals surface area contributed by atoms with Gasteiger partial charge in [0, 0.05) is 12.6 Å². The fourth-order valence-corrected chi connectivity index (χ4v) is 1.66. The van der Waals surface area contributed by atoms with Crippen molar-refractivity contribution >= 4 is 5.82 Å². The van der Waals surface area contributed by atoms with Crippen LogP contribution in [0.1, 0.15) is 20.9 Å². The average molecular weight is 212 g/mol. The monoisotopic (exact) mass is 212 g/mol.